The Balaban J connectivity index is 1.66. The minimum absolute atomic E-state index is 0.0522. The molecular formula is C14H10ClF3N6O. The highest BCUT2D eigenvalue weighted by Crippen LogP contribution is 2.27. The van der Waals surface area contributed by atoms with Gasteiger partial charge in [0, 0.05) is 11.1 Å². The molecule has 0 spiro atoms. The van der Waals surface area contributed by atoms with Gasteiger partial charge in [0.1, 0.15) is 12.0 Å². The maximum Gasteiger partial charge on any atom is 0.432 e. The average Bonchev–Trinajstić information content (AvgIpc) is 3.16. The van der Waals surface area contributed by atoms with Crippen molar-refractivity contribution in [2.45, 2.75) is 12.7 Å². The number of alkyl halides is 3. The summed E-state index contributed by atoms with van der Waals surface area (Å²) in [6.07, 6.45) is -3.23. The van der Waals surface area contributed by atoms with Gasteiger partial charge in [0.15, 0.2) is 5.69 Å². The lowest BCUT2D eigenvalue weighted by Gasteiger charge is -2.01. The Hall–Kier alpha value is -2.88. The van der Waals surface area contributed by atoms with Crippen molar-refractivity contribution in [1.82, 2.24) is 25.0 Å². The molecule has 1 aromatic carbocycles. The summed E-state index contributed by atoms with van der Waals surface area (Å²) in [4.78, 5) is 15.8. The maximum absolute atomic E-state index is 12.5. The van der Waals surface area contributed by atoms with E-state index in [4.69, 9.17) is 11.6 Å². The summed E-state index contributed by atoms with van der Waals surface area (Å²) in [7, 11) is 0. The second kappa shape index (κ2) is 6.55. The average molecular weight is 371 g/mol. The van der Waals surface area contributed by atoms with Crippen LogP contribution in [0.4, 0.5) is 19.1 Å². The van der Waals surface area contributed by atoms with Crippen molar-refractivity contribution in [2.24, 2.45) is 0 Å². The number of benzene rings is 1. The molecule has 0 atom stereocenters. The van der Waals surface area contributed by atoms with E-state index in [9.17, 15) is 18.0 Å². The van der Waals surface area contributed by atoms with Gasteiger partial charge in [-0.2, -0.15) is 18.3 Å². The van der Waals surface area contributed by atoms with Gasteiger partial charge in [-0.3, -0.25) is 15.2 Å². The fourth-order valence-corrected chi connectivity index (χ4v) is 2.21. The van der Waals surface area contributed by atoms with Gasteiger partial charge in [-0.1, -0.05) is 23.7 Å². The predicted molar refractivity (Wildman–Crippen MR) is 82.1 cm³/mol. The van der Waals surface area contributed by atoms with Crippen molar-refractivity contribution >= 4 is 23.5 Å². The van der Waals surface area contributed by atoms with Crippen molar-refractivity contribution in [3.8, 4) is 0 Å². The highest BCUT2D eigenvalue weighted by atomic mass is 35.5. The Morgan fingerprint density at radius 1 is 1.32 bits per heavy atom. The summed E-state index contributed by atoms with van der Waals surface area (Å²) in [6.45, 7) is 0.365. The summed E-state index contributed by atoms with van der Waals surface area (Å²) in [6, 6.07) is 7.72. The number of nitrogens with one attached hydrogen (secondary N) is 2. The van der Waals surface area contributed by atoms with E-state index in [1.54, 1.807) is 23.3 Å². The summed E-state index contributed by atoms with van der Waals surface area (Å²) in [5.41, 5.74) is -0.659. The quantitative estimate of drug-likeness (QED) is 0.739. The molecule has 25 heavy (non-hydrogen) atoms. The van der Waals surface area contributed by atoms with Gasteiger partial charge in [0.25, 0.3) is 5.91 Å². The van der Waals surface area contributed by atoms with E-state index in [2.05, 4.69) is 20.5 Å². The third-order valence-electron chi connectivity index (χ3n) is 3.11. The Bertz CT molecular complexity index is 904. The number of carbonyl (C=O) groups is 1. The molecule has 3 rings (SSSR count). The van der Waals surface area contributed by atoms with Crippen LogP contribution in [0.5, 0.6) is 0 Å². The van der Waals surface area contributed by atoms with Gasteiger partial charge in [0.2, 0.25) is 5.95 Å². The minimum Gasteiger partial charge on any atom is -0.288 e. The Labute approximate surface area is 143 Å². The zero-order valence-corrected chi connectivity index (χ0v) is 13.1. The molecule has 2 heterocycles. The lowest BCUT2D eigenvalue weighted by molar-refractivity contribution is -0.141. The largest absolute Gasteiger partial charge is 0.432 e. The van der Waals surface area contributed by atoms with E-state index in [1.165, 1.54) is 11.0 Å². The number of aromatic nitrogens is 5. The molecule has 1 amide bonds. The zero-order chi connectivity index (χ0) is 18.0. The predicted octanol–water partition coefficient (Wildman–Crippen LogP) is 2.97. The van der Waals surface area contributed by atoms with Crippen LogP contribution in [0.2, 0.25) is 5.02 Å². The molecule has 0 aliphatic carbocycles. The van der Waals surface area contributed by atoms with Gasteiger partial charge in [0.05, 0.1) is 6.54 Å². The smallest absolute Gasteiger partial charge is 0.288 e. The van der Waals surface area contributed by atoms with Crippen LogP contribution in [-0.4, -0.2) is 30.9 Å². The summed E-state index contributed by atoms with van der Waals surface area (Å²) < 4.78 is 38.9. The molecule has 7 nitrogen and oxygen atoms in total. The normalized spacial score (nSPS) is 11.5. The molecule has 0 fully saturated rings. The first-order chi connectivity index (χ1) is 11.8. The summed E-state index contributed by atoms with van der Waals surface area (Å²) >= 11 is 5.89. The fraction of sp³-hybridized carbons (Fsp3) is 0.143. The highest BCUT2D eigenvalue weighted by Gasteiger charge is 2.33. The van der Waals surface area contributed by atoms with E-state index >= 15 is 0 Å². The number of rotatable bonds is 4. The number of nitrogens with zero attached hydrogens (tertiary/aromatic N) is 4. The molecule has 0 unspecified atom stereocenters. The number of carbonyl (C=O) groups excluding carboxylic acids is 1. The first-order valence-electron chi connectivity index (χ1n) is 6.89. The molecule has 11 heteroatoms. The first-order valence-corrected chi connectivity index (χ1v) is 7.27. The van der Waals surface area contributed by atoms with Gasteiger partial charge >= 0.3 is 6.18 Å². The van der Waals surface area contributed by atoms with Crippen LogP contribution < -0.4 is 5.32 Å². The van der Waals surface area contributed by atoms with Crippen LogP contribution in [0.3, 0.4) is 0 Å². The minimum atomic E-state index is -4.61. The monoisotopic (exact) mass is 370 g/mol. The van der Waals surface area contributed by atoms with E-state index in [1.807, 2.05) is 6.07 Å². The van der Waals surface area contributed by atoms with Crippen LogP contribution in [0.25, 0.3) is 0 Å². The zero-order valence-electron chi connectivity index (χ0n) is 12.4. The molecule has 0 aliphatic rings. The number of H-pyrrole nitrogens is 1. The second-order valence-electron chi connectivity index (χ2n) is 5.01. The molecule has 2 aromatic heterocycles. The molecule has 0 radical (unpaired) electrons. The van der Waals surface area contributed by atoms with Crippen molar-refractivity contribution in [3.05, 3.63) is 58.6 Å². The number of hydrogen-bond acceptors (Lipinski definition) is 4. The molecule has 2 N–H and O–H groups in total. The van der Waals surface area contributed by atoms with Crippen LogP contribution in [-0.2, 0) is 12.7 Å². The van der Waals surface area contributed by atoms with Crippen molar-refractivity contribution < 1.29 is 18.0 Å². The molecule has 0 saturated heterocycles. The topological polar surface area (TPSA) is 88.5 Å². The third-order valence-corrected chi connectivity index (χ3v) is 3.35. The summed E-state index contributed by atoms with van der Waals surface area (Å²) in [5, 5.41) is 12.0. The van der Waals surface area contributed by atoms with E-state index in [-0.39, 0.29) is 5.95 Å². The number of hydrogen-bond donors (Lipinski definition) is 2. The number of halogens is 4. The number of aromatic amines is 1. The Kier molecular flexibility index (Phi) is 4.45. The van der Waals surface area contributed by atoms with E-state index in [0.29, 0.717) is 17.6 Å². The van der Waals surface area contributed by atoms with Gasteiger partial charge in [-0.25, -0.2) is 9.67 Å². The molecular weight excluding hydrogens is 361 g/mol. The molecule has 0 saturated carbocycles. The standard InChI is InChI=1S/C14H10ClF3N6O/c15-9-3-1-2-8(4-9)6-24-7-19-13(23-24)20-12(25)10-5-11(22-21-10)14(16,17)18/h1-5,7H,6H2,(H,21,22)(H,20,23,25). The lowest BCUT2D eigenvalue weighted by atomic mass is 10.2. The van der Waals surface area contributed by atoms with Crippen LogP contribution in [0, 0.1) is 0 Å². The Morgan fingerprint density at radius 3 is 2.80 bits per heavy atom. The van der Waals surface area contributed by atoms with Crippen LogP contribution in [0.1, 0.15) is 21.7 Å². The Morgan fingerprint density at radius 2 is 2.12 bits per heavy atom. The number of anilines is 1. The molecule has 0 bridgehead atoms. The van der Waals surface area contributed by atoms with Gasteiger partial charge < -0.3 is 0 Å². The second-order valence-corrected chi connectivity index (χ2v) is 5.45. The first kappa shape index (κ1) is 17.0. The van der Waals surface area contributed by atoms with Gasteiger partial charge in [-0.15, -0.1) is 5.10 Å². The van der Waals surface area contributed by atoms with Crippen LogP contribution >= 0.6 is 11.6 Å². The fourth-order valence-electron chi connectivity index (χ4n) is 2.00. The highest BCUT2D eigenvalue weighted by molar-refractivity contribution is 6.30. The van der Waals surface area contributed by atoms with Crippen molar-refractivity contribution in [2.75, 3.05) is 5.32 Å². The maximum atomic E-state index is 12.5. The van der Waals surface area contributed by atoms with Gasteiger partial charge in [-0.05, 0) is 17.7 Å². The van der Waals surface area contributed by atoms with Crippen molar-refractivity contribution in [1.29, 1.82) is 0 Å². The van der Waals surface area contributed by atoms with E-state index in [0.717, 1.165) is 5.56 Å². The SMILES string of the molecule is O=C(Nc1ncn(Cc2cccc(Cl)c2)n1)c1cc(C(F)(F)F)[nH]n1. The van der Waals surface area contributed by atoms with Crippen LogP contribution in [0.15, 0.2) is 36.7 Å². The van der Waals surface area contributed by atoms with E-state index < -0.39 is 23.5 Å². The molecule has 3 aromatic rings. The number of amides is 1. The summed E-state index contributed by atoms with van der Waals surface area (Å²) in [5.74, 6) is -0.907. The molecule has 130 valence electrons. The molecule has 0 aliphatic heterocycles. The lowest BCUT2D eigenvalue weighted by Crippen LogP contribution is -2.14. The third kappa shape index (κ3) is 4.15. The van der Waals surface area contributed by atoms with Crippen molar-refractivity contribution in [3.63, 3.8) is 0 Å².